The van der Waals surface area contributed by atoms with E-state index in [1.54, 1.807) is 13.1 Å². The van der Waals surface area contributed by atoms with Crippen LogP contribution in [-0.2, 0) is 9.59 Å². The Hall–Kier alpha value is -2.02. The zero-order valence-electron chi connectivity index (χ0n) is 13.2. The zero-order valence-corrected chi connectivity index (χ0v) is 13.2. The number of hydrogen-bond acceptors (Lipinski definition) is 3. The molecule has 2 rings (SSSR count). The summed E-state index contributed by atoms with van der Waals surface area (Å²) in [6, 6.07) is 3.61. The molecule has 7 heteroatoms. The Labute approximate surface area is 134 Å². The Kier molecular flexibility index (Phi) is 5.65. The number of carbonyl (C=O) groups excluding carboxylic acids is 2. The van der Waals surface area contributed by atoms with Gasteiger partial charge in [-0.05, 0) is 30.7 Å². The maximum atomic E-state index is 13.5. The van der Waals surface area contributed by atoms with Crippen LogP contribution in [0.5, 0.6) is 0 Å². The summed E-state index contributed by atoms with van der Waals surface area (Å²) >= 11 is 0. The first kappa shape index (κ1) is 17.3. The van der Waals surface area contributed by atoms with Crippen molar-refractivity contribution in [2.45, 2.75) is 25.3 Å². The normalized spacial score (nSPS) is 20.9. The molecule has 2 unspecified atom stereocenters. The topological polar surface area (TPSA) is 61.4 Å². The average Bonchev–Trinajstić information content (AvgIpc) is 2.50. The van der Waals surface area contributed by atoms with Gasteiger partial charge >= 0.3 is 0 Å². The standard InChI is InChI=1S/C16H21F2N3O2/c1-10(22)21(2)9-16(23)20-15-8-19-6-5-12(15)11-3-4-13(17)14(18)7-11/h3-4,7,12,15,19H,5-6,8-9H2,1-2H3,(H,20,23). The van der Waals surface area contributed by atoms with Gasteiger partial charge in [-0.25, -0.2) is 8.78 Å². The number of nitrogens with zero attached hydrogens (tertiary/aromatic N) is 1. The van der Waals surface area contributed by atoms with Crippen molar-refractivity contribution in [2.24, 2.45) is 0 Å². The molecule has 0 bridgehead atoms. The minimum atomic E-state index is -0.887. The summed E-state index contributed by atoms with van der Waals surface area (Å²) in [6.07, 6.45) is 0.707. The van der Waals surface area contributed by atoms with E-state index in [-0.39, 0.29) is 30.3 Å². The van der Waals surface area contributed by atoms with Gasteiger partial charge in [-0.1, -0.05) is 6.07 Å². The Bertz CT molecular complexity index is 595. The van der Waals surface area contributed by atoms with Gasteiger partial charge in [-0.15, -0.1) is 0 Å². The van der Waals surface area contributed by atoms with Gasteiger partial charge in [-0.3, -0.25) is 9.59 Å². The number of amides is 2. The summed E-state index contributed by atoms with van der Waals surface area (Å²) in [5, 5.41) is 6.05. The Morgan fingerprint density at radius 1 is 1.35 bits per heavy atom. The first-order chi connectivity index (χ1) is 10.9. The van der Waals surface area contributed by atoms with Gasteiger partial charge in [0.2, 0.25) is 11.8 Å². The van der Waals surface area contributed by atoms with Crippen molar-refractivity contribution in [2.75, 3.05) is 26.7 Å². The second kappa shape index (κ2) is 7.50. The second-order valence-corrected chi connectivity index (χ2v) is 5.82. The molecule has 1 heterocycles. The summed E-state index contributed by atoms with van der Waals surface area (Å²) in [5.41, 5.74) is 0.663. The fourth-order valence-corrected chi connectivity index (χ4v) is 2.73. The van der Waals surface area contributed by atoms with Crippen molar-refractivity contribution < 1.29 is 18.4 Å². The summed E-state index contributed by atoms with van der Waals surface area (Å²) in [4.78, 5) is 24.6. The predicted molar refractivity (Wildman–Crippen MR) is 81.8 cm³/mol. The van der Waals surface area contributed by atoms with Gasteiger partial charge in [0.15, 0.2) is 11.6 Å². The molecule has 2 atom stereocenters. The van der Waals surface area contributed by atoms with Gasteiger partial charge in [0, 0.05) is 32.5 Å². The highest BCUT2D eigenvalue weighted by atomic mass is 19.2. The van der Waals surface area contributed by atoms with Crippen LogP contribution in [0.4, 0.5) is 8.78 Å². The molecule has 0 saturated carbocycles. The van der Waals surface area contributed by atoms with E-state index in [1.807, 2.05) is 0 Å². The fourth-order valence-electron chi connectivity index (χ4n) is 2.73. The number of rotatable bonds is 4. The molecule has 1 aliphatic rings. The number of hydrogen-bond donors (Lipinski definition) is 2. The molecule has 126 valence electrons. The lowest BCUT2D eigenvalue weighted by Gasteiger charge is -2.33. The van der Waals surface area contributed by atoms with Gasteiger partial charge in [0.1, 0.15) is 0 Å². The summed E-state index contributed by atoms with van der Waals surface area (Å²) in [6.45, 7) is 2.64. The molecule has 0 radical (unpaired) electrons. The first-order valence-corrected chi connectivity index (χ1v) is 7.55. The van der Waals surface area contributed by atoms with Crippen LogP contribution in [0.25, 0.3) is 0 Å². The zero-order chi connectivity index (χ0) is 17.0. The number of benzene rings is 1. The highest BCUT2D eigenvalue weighted by molar-refractivity contribution is 5.83. The maximum absolute atomic E-state index is 13.5. The minimum Gasteiger partial charge on any atom is -0.350 e. The Balaban J connectivity index is 2.07. The van der Waals surface area contributed by atoms with Crippen LogP contribution in [0.3, 0.4) is 0 Å². The molecule has 23 heavy (non-hydrogen) atoms. The SMILES string of the molecule is CC(=O)N(C)CC(=O)NC1CNCCC1c1ccc(F)c(F)c1. The smallest absolute Gasteiger partial charge is 0.239 e. The van der Waals surface area contributed by atoms with E-state index in [9.17, 15) is 18.4 Å². The molecule has 1 aromatic rings. The van der Waals surface area contributed by atoms with E-state index in [4.69, 9.17) is 0 Å². The first-order valence-electron chi connectivity index (χ1n) is 7.55. The number of carbonyl (C=O) groups is 2. The van der Waals surface area contributed by atoms with Crippen LogP contribution < -0.4 is 10.6 Å². The van der Waals surface area contributed by atoms with Gasteiger partial charge in [-0.2, -0.15) is 0 Å². The third-order valence-corrected chi connectivity index (χ3v) is 4.12. The fraction of sp³-hybridized carbons (Fsp3) is 0.500. The van der Waals surface area contributed by atoms with Crippen LogP contribution in [0.2, 0.25) is 0 Å². The highest BCUT2D eigenvalue weighted by Crippen LogP contribution is 2.27. The van der Waals surface area contributed by atoms with E-state index in [1.165, 1.54) is 17.9 Å². The lowest BCUT2D eigenvalue weighted by atomic mass is 9.86. The van der Waals surface area contributed by atoms with Crippen LogP contribution in [-0.4, -0.2) is 49.4 Å². The highest BCUT2D eigenvalue weighted by Gasteiger charge is 2.28. The second-order valence-electron chi connectivity index (χ2n) is 5.82. The van der Waals surface area contributed by atoms with Crippen molar-refractivity contribution in [3.05, 3.63) is 35.4 Å². The number of halogens is 2. The number of nitrogens with one attached hydrogen (secondary N) is 2. The van der Waals surface area contributed by atoms with E-state index >= 15 is 0 Å². The van der Waals surface area contributed by atoms with Crippen LogP contribution in [0, 0.1) is 11.6 Å². The minimum absolute atomic E-state index is 0.0314. The summed E-state index contributed by atoms with van der Waals surface area (Å²) in [5.74, 6) is -2.34. The summed E-state index contributed by atoms with van der Waals surface area (Å²) in [7, 11) is 1.55. The monoisotopic (exact) mass is 325 g/mol. The van der Waals surface area contributed by atoms with Crippen LogP contribution >= 0.6 is 0 Å². The number of piperidine rings is 1. The van der Waals surface area contributed by atoms with Gasteiger partial charge < -0.3 is 15.5 Å². The van der Waals surface area contributed by atoms with Crippen LogP contribution in [0.1, 0.15) is 24.8 Å². The van der Waals surface area contributed by atoms with E-state index in [0.717, 1.165) is 12.6 Å². The maximum Gasteiger partial charge on any atom is 0.239 e. The lowest BCUT2D eigenvalue weighted by molar-refractivity contribution is -0.133. The van der Waals surface area contributed by atoms with Crippen molar-refractivity contribution in [3.8, 4) is 0 Å². The molecule has 1 saturated heterocycles. The van der Waals surface area contributed by atoms with Crippen molar-refractivity contribution in [3.63, 3.8) is 0 Å². The Morgan fingerprint density at radius 2 is 2.09 bits per heavy atom. The molecule has 1 aliphatic heterocycles. The largest absolute Gasteiger partial charge is 0.350 e. The molecule has 0 aromatic heterocycles. The van der Waals surface area contributed by atoms with Crippen molar-refractivity contribution >= 4 is 11.8 Å². The Morgan fingerprint density at radius 3 is 2.74 bits per heavy atom. The third-order valence-electron chi connectivity index (χ3n) is 4.12. The molecule has 0 spiro atoms. The van der Waals surface area contributed by atoms with E-state index in [0.29, 0.717) is 18.5 Å². The molecule has 2 amide bonds. The van der Waals surface area contributed by atoms with Crippen LogP contribution in [0.15, 0.2) is 18.2 Å². The van der Waals surface area contributed by atoms with Gasteiger partial charge in [0.25, 0.3) is 0 Å². The molecular weight excluding hydrogens is 304 g/mol. The predicted octanol–water partition coefficient (Wildman–Crippen LogP) is 1.00. The number of likely N-dealkylation sites (N-methyl/N-ethyl adjacent to an activating group) is 1. The quantitative estimate of drug-likeness (QED) is 0.868. The van der Waals surface area contributed by atoms with E-state index < -0.39 is 11.6 Å². The molecular formula is C16H21F2N3O2. The van der Waals surface area contributed by atoms with E-state index in [2.05, 4.69) is 10.6 Å². The molecule has 1 aromatic carbocycles. The molecule has 5 nitrogen and oxygen atoms in total. The van der Waals surface area contributed by atoms with Crippen molar-refractivity contribution in [1.82, 2.24) is 15.5 Å². The average molecular weight is 325 g/mol. The molecule has 2 N–H and O–H groups in total. The summed E-state index contributed by atoms with van der Waals surface area (Å²) < 4.78 is 26.6. The lowest BCUT2D eigenvalue weighted by Crippen LogP contribution is -2.52. The third kappa shape index (κ3) is 4.48. The van der Waals surface area contributed by atoms with Crippen molar-refractivity contribution in [1.29, 1.82) is 0 Å². The van der Waals surface area contributed by atoms with Gasteiger partial charge in [0.05, 0.1) is 6.54 Å². The molecule has 0 aliphatic carbocycles. The molecule has 1 fully saturated rings.